The van der Waals surface area contributed by atoms with E-state index in [9.17, 15) is 10.1 Å². The SMILES string of the molecule is Cc1cc(NC(C)c2ccc(I)cc2)c([N+](=O)[O-])cc1C. The molecule has 0 aliphatic heterocycles. The summed E-state index contributed by atoms with van der Waals surface area (Å²) in [6.45, 7) is 5.84. The summed E-state index contributed by atoms with van der Waals surface area (Å²) in [5.74, 6) is 0. The fourth-order valence-corrected chi connectivity index (χ4v) is 2.50. The smallest absolute Gasteiger partial charge is 0.292 e. The summed E-state index contributed by atoms with van der Waals surface area (Å²) in [7, 11) is 0. The lowest BCUT2D eigenvalue weighted by atomic mass is 10.1. The van der Waals surface area contributed by atoms with E-state index >= 15 is 0 Å². The molecule has 0 bridgehead atoms. The summed E-state index contributed by atoms with van der Waals surface area (Å²) in [4.78, 5) is 10.9. The monoisotopic (exact) mass is 396 g/mol. The molecular weight excluding hydrogens is 379 g/mol. The molecule has 0 radical (unpaired) electrons. The highest BCUT2D eigenvalue weighted by Crippen LogP contribution is 2.31. The second-order valence-corrected chi connectivity index (χ2v) is 6.37. The first-order valence-electron chi connectivity index (χ1n) is 6.66. The average Bonchev–Trinajstić information content (AvgIpc) is 2.43. The van der Waals surface area contributed by atoms with E-state index in [1.165, 1.54) is 3.57 Å². The largest absolute Gasteiger partial charge is 0.373 e. The molecule has 0 spiro atoms. The van der Waals surface area contributed by atoms with Gasteiger partial charge >= 0.3 is 0 Å². The third-order valence-electron chi connectivity index (χ3n) is 3.55. The summed E-state index contributed by atoms with van der Waals surface area (Å²) in [6, 6.07) is 11.6. The number of nitro benzene ring substituents is 1. The van der Waals surface area contributed by atoms with Crippen LogP contribution in [-0.4, -0.2) is 4.92 Å². The van der Waals surface area contributed by atoms with Crippen molar-refractivity contribution in [1.82, 2.24) is 0 Å². The average molecular weight is 396 g/mol. The summed E-state index contributed by atoms with van der Waals surface area (Å²) >= 11 is 2.26. The maximum atomic E-state index is 11.2. The zero-order valence-corrected chi connectivity index (χ0v) is 14.3. The summed E-state index contributed by atoms with van der Waals surface area (Å²) in [6.07, 6.45) is 0. The molecule has 2 aromatic rings. The number of rotatable bonds is 4. The van der Waals surface area contributed by atoms with E-state index in [0.29, 0.717) is 5.69 Å². The molecule has 0 saturated heterocycles. The van der Waals surface area contributed by atoms with Gasteiger partial charge < -0.3 is 5.32 Å². The van der Waals surface area contributed by atoms with Crippen molar-refractivity contribution in [2.45, 2.75) is 26.8 Å². The number of anilines is 1. The summed E-state index contributed by atoms with van der Waals surface area (Å²) < 4.78 is 1.17. The summed E-state index contributed by atoms with van der Waals surface area (Å²) in [5, 5.41) is 14.5. The Labute approximate surface area is 137 Å². The Hall–Kier alpha value is -1.63. The van der Waals surface area contributed by atoms with Crippen LogP contribution in [0.2, 0.25) is 0 Å². The molecule has 1 N–H and O–H groups in total. The van der Waals surface area contributed by atoms with Gasteiger partial charge in [0.1, 0.15) is 5.69 Å². The van der Waals surface area contributed by atoms with Crippen LogP contribution >= 0.6 is 22.6 Å². The van der Waals surface area contributed by atoms with Crippen molar-refractivity contribution in [3.8, 4) is 0 Å². The maximum Gasteiger partial charge on any atom is 0.292 e. The minimum absolute atomic E-state index is 0.00260. The lowest BCUT2D eigenvalue weighted by Crippen LogP contribution is -2.09. The Kier molecular flexibility index (Phi) is 4.82. The standard InChI is InChI=1S/C16H17IN2O2/c1-10-8-15(16(19(20)21)9-11(10)2)18-12(3)13-4-6-14(17)7-5-13/h4-9,12,18H,1-3H3. The molecule has 0 aliphatic rings. The number of hydrogen-bond donors (Lipinski definition) is 1. The third-order valence-corrected chi connectivity index (χ3v) is 4.27. The molecule has 5 heteroatoms. The van der Waals surface area contributed by atoms with E-state index < -0.39 is 0 Å². The highest BCUT2D eigenvalue weighted by molar-refractivity contribution is 14.1. The van der Waals surface area contributed by atoms with Crippen LogP contribution in [0.1, 0.15) is 29.7 Å². The fraction of sp³-hybridized carbons (Fsp3) is 0.250. The highest BCUT2D eigenvalue weighted by Gasteiger charge is 2.17. The molecule has 0 saturated carbocycles. The van der Waals surface area contributed by atoms with Gasteiger partial charge in [-0.05, 0) is 78.3 Å². The van der Waals surface area contributed by atoms with Gasteiger partial charge in [0.25, 0.3) is 5.69 Å². The van der Waals surface area contributed by atoms with Crippen LogP contribution in [0.3, 0.4) is 0 Å². The predicted molar refractivity (Wildman–Crippen MR) is 93.8 cm³/mol. The van der Waals surface area contributed by atoms with Crippen LogP contribution in [0.25, 0.3) is 0 Å². The van der Waals surface area contributed by atoms with Crippen LogP contribution in [0.5, 0.6) is 0 Å². The molecule has 4 nitrogen and oxygen atoms in total. The van der Waals surface area contributed by atoms with Crippen molar-refractivity contribution in [3.05, 3.63) is 66.8 Å². The minimum Gasteiger partial charge on any atom is -0.373 e. The molecular formula is C16H17IN2O2. The Morgan fingerprint density at radius 2 is 1.71 bits per heavy atom. The van der Waals surface area contributed by atoms with Crippen molar-refractivity contribution in [2.75, 3.05) is 5.32 Å². The number of benzene rings is 2. The van der Waals surface area contributed by atoms with Crippen molar-refractivity contribution >= 4 is 34.0 Å². The van der Waals surface area contributed by atoms with Crippen LogP contribution in [0.4, 0.5) is 11.4 Å². The molecule has 21 heavy (non-hydrogen) atoms. The Morgan fingerprint density at radius 1 is 1.14 bits per heavy atom. The molecule has 2 rings (SSSR count). The predicted octanol–water partition coefficient (Wildman–Crippen LogP) is 4.99. The van der Waals surface area contributed by atoms with Gasteiger partial charge in [-0.3, -0.25) is 10.1 Å². The zero-order valence-electron chi connectivity index (χ0n) is 12.2. The van der Waals surface area contributed by atoms with E-state index in [1.54, 1.807) is 6.07 Å². The Morgan fingerprint density at radius 3 is 2.29 bits per heavy atom. The molecule has 0 heterocycles. The molecule has 0 amide bonds. The number of nitro groups is 1. The van der Waals surface area contributed by atoms with Gasteiger partial charge in [-0.2, -0.15) is 0 Å². The number of aryl methyl sites for hydroxylation is 2. The Balaban J connectivity index is 2.32. The minimum atomic E-state index is -0.338. The van der Waals surface area contributed by atoms with Gasteiger partial charge in [0.2, 0.25) is 0 Å². The van der Waals surface area contributed by atoms with Crippen molar-refractivity contribution in [1.29, 1.82) is 0 Å². The van der Waals surface area contributed by atoms with Crippen LogP contribution in [-0.2, 0) is 0 Å². The molecule has 1 unspecified atom stereocenters. The second-order valence-electron chi connectivity index (χ2n) is 5.13. The lowest BCUT2D eigenvalue weighted by molar-refractivity contribution is -0.384. The molecule has 2 aromatic carbocycles. The molecule has 0 aromatic heterocycles. The molecule has 110 valence electrons. The zero-order chi connectivity index (χ0) is 15.6. The topological polar surface area (TPSA) is 55.2 Å². The van der Waals surface area contributed by atoms with Gasteiger partial charge in [0.15, 0.2) is 0 Å². The highest BCUT2D eigenvalue weighted by atomic mass is 127. The van der Waals surface area contributed by atoms with Crippen LogP contribution < -0.4 is 5.32 Å². The van der Waals surface area contributed by atoms with Gasteiger partial charge in [0.05, 0.1) is 4.92 Å². The maximum absolute atomic E-state index is 11.2. The first-order chi connectivity index (χ1) is 9.88. The van der Waals surface area contributed by atoms with Gasteiger partial charge in [0, 0.05) is 15.7 Å². The van der Waals surface area contributed by atoms with Crippen LogP contribution in [0.15, 0.2) is 36.4 Å². The number of halogens is 1. The molecule has 1 atom stereocenters. The van der Waals surface area contributed by atoms with E-state index in [2.05, 4.69) is 27.9 Å². The molecule has 0 fully saturated rings. The van der Waals surface area contributed by atoms with Gasteiger partial charge in [-0.15, -0.1) is 0 Å². The third kappa shape index (κ3) is 3.72. The van der Waals surface area contributed by atoms with Gasteiger partial charge in [-0.1, -0.05) is 12.1 Å². The second kappa shape index (κ2) is 6.43. The first kappa shape index (κ1) is 15.8. The number of nitrogens with zero attached hydrogens (tertiary/aromatic N) is 1. The Bertz CT molecular complexity index is 669. The van der Waals surface area contributed by atoms with Crippen LogP contribution in [0, 0.1) is 27.5 Å². The first-order valence-corrected chi connectivity index (χ1v) is 7.74. The fourth-order valence-electron chi connectivity index (χ4n) is 2.14. The van der Waals surface area contributed by atoms with Crippen molar-refractivity contribution < 1.29 is 4.92 Å². The normalized spacial score (nSPS) is 12.0. The number of hydrogen-bond acceptors (Lipinski definition) is 3. The summed E-state index contributed by atoms with van der Waals surface area (Å²) in [5.41, 5.74) is 3.75. The number of nitrogens with one attached hydrogen (secondary N) is 1. The lowest BCUT2D eigenvalue weighted by Gasteiger charge is -2.17. The molecule has 0 aliphatic carbocycles. The quantitative estimate of drug-likeness (QED) is 0.450. The van der Waals surface area contributed by atoms with Gasteiger partial charge in [-0.25, -0.2) is 0 Å². The van der Waals surface area contributed by atoms with Crippen molar-refractivity contribution in [2.24, 2.45) is 0 Å². The van der Waals surface area contributed by atoms with E-state index in [0.717, 1.165) is 16.7 Å². The van der Waals surface area contributed by atoms with E-state index in [4.69, 9.17) is 0 Å². The van der Waals surface area contributed by atoms with Crippen molar-refractivity contribution in [3.63, 3.8) is 0 Å². The van der Waals surface area contributed by atoms with E-state index in [-0.39, 0.29) is 16.7 Å². The van der Waals surface area contributed by atoms with E-state index in [1.807, 2.05) is 51.1 Å².